The number of anilines is 1. The molecule has 0 amide bonds. The zero-order valence-electron chi connectivity index (χ0n) is 14.8. The van der Waals surface area contributed by atoms with Crippen LogP contribution in [0.3, 0.4) is 0 Å². The lowest BCUT2D eigenvalue weighted by molar-refractivity contribution is 0.156. The first-order valence-electron chi connectivity index (χ1n) is 8.74. The van der Waals surface area contributed by atoms with Gasteiger partial charge in [-0.3, -0.25) is 4.57 Å². The number of ether oxygens (including phenoxy) is 1. The molecule has 0 saturated carbocycles. The van der Waals surface area contributed by atoms with Crippen LogP contribution in [-0.4, -0.2) is 47.7 Å². The largest absolute Gasteiger partial charge is 0.494 e. The van der Waals surface area contributed by atoms with Crippen molar-refractivity contribution in [3.63, 3.8) is 0 Å². The molecule has 0 spiro atoms. The van der Waals surface area contributed by atoms with Gasteiger partial charge in [0.15, 0.2) is 0 Å². The summed E-state index contributed by atoms with van der Waals surface area (Å²) in [5.74, 6) is 2.08. The average molecular weight is 380 g/mol. The number of rotatable bonds is 7. The number of fused-ring (bicyclic) bond motifs is 1. The normalized spacial score (nSPS) is 18.0. The second-order valence-electron chi connectivity index (χ2n) is 6.46. The van der Waals surface area contributed by atoms with Crippen molar-refractivity contribution in [2.45, 2.75) is 25.4 Å². The Labute approximate surface area is 153 Å². The van der Waals surface area contributed by atoms with Crippen LogP contribution in [0.4, 0.5) is 5.82 Å². The first kappa shape index (κ1) is 19.0. The van der Waals surface area contributed by atoms with Crippen molar-refractivity contribution in [3.05, 3.63) is 24.5 Å². The minimum Gasteiger partial charge on any atom is -0.494 e. The number of piperidine rings is 1. The third-order valence-electron chi connectivity index (χ3n) is 4.87. The van der Waals surface area contributed by atoms with Crippen LogP contribution in [0.1, 0.15) is 19.3 Å². The summed E-state index contributed by atoms with van der Waals surface area (Å²) in [6.45, 7) is 1.98. The van der Waals surface area contributed by atoms with Gasteiger partial charge < -0.3 is 24.8 Å². The fraction of sp³-hybridized carbons (Fsp3) is 0.529. The van der Waals surface area contributed by atoms with Crippen LogP contribution < -0.4 is 15.4 Å². The number of nitrogens with zero attached hydrogens (tertiary/aromatic N) is 3. The Kier molecular flexibility index (Phi) is 6.43. The number of nitrogens with two attached hydrogens (primary N) is 1. The Balaban J connectivity index is 1.69. The lowest BCUT2D eigenvalue weighted by Crippen LogP contribution is -2.36. The van der Waals surface area contributed by atoms with Crippen molar-refractivity contribution in [2.24, 2.45) is 11.7 Å². The molecule has 2 heterocycles. The minimum atomic E-state index is -2.95. The second kappa shape index (κ2) is 8.77. The Morgan fingerprint density at radius 3 is 2.81 bits per heavy atom. The van der Waals surface area contributed by atoms with Gasteiger partial charge in [0, 0.05) is 25.0 Å². The molecule has 9 heteroatoms. The molecule has 142 valence electrons. The molecule has 1 aliphatic heterocycles. The Morgan fingerprint density at radius 1 is 1.38 bits per heavy atom. The standard InChI is InChI=1S/C17H25N4O4P/c1-24-15-4-2-3-14-16(15)19-11-20-17(14)21-7-5-12(6-8-21)9-13(10-18)25-26(22)23/h2-4,11-13,26H,5-10,18H2,1H3,(H,22,23). The highest BCUT2D eigenvalue weighted by Gasteiger charge is 2.25. The smallest absolute Gasteiger partial charge is 0.316 e. The highest BCUT2D eigenvalue weighted by Crippen LogP contribution is 2.33. The molecule has 0 aliphatic carbocycles. The van der Waals surface area contributed by atoms with E-state index in [2.05, 4.69) is 14.9 Å². The van der Waals surface area contributed by atoms with E-state index in [4.69, 9.17) is 19.9 Å². The Hall–Kier alpha value is -1.73. The molecule has 26 heavy (non-hydrogen) atoms. The summed E-state index contributed by atoms with van der Waals surface area (Å²) in [6.07, 6.45) is 3.85. The van der Waals surface area contributed by atoms with Crippen molar-refractivity contribution in [3.8, 4) is 5.75 Å². The van der Waals surface area contributed by atoms with Gasteiger partial charge in [-0.25, -0.2) is 9.97 Å². The Bertz CT molecular complexity index is 768. The third kappa shape index (κ3) is 4.32. The zero-order chi connectivity index (χ0) is 18.5. The first-order chi connectivity index (χ1) is 12.6. The maximum atomic E-state index is 10.9. The van der Waals surface area contributed by atoms with Crippen LogP contribution in [0.5, 0.6) is 5.75 Å². The average Bonchev–Trinajstić information content (AvgIpc) is 2.66. The maximum absolute atomic E-state index is 10.9. The van der Waals surface area contributed by atoms with E-state index in [-0.39, 0.29) is 12.6 Å². The molecule has 1 fully saturated rings. The van der Waals surface area contributed by atoms with E-state index in [9.17, 15) is 4.57 Å². The van der Waals surface area contributed by atoms with Gasteiger partial charge in [0.05, 0.1) is 13.2 Å². The summed E-state index contributed by atoms with van der Waals surface area (Å²) in [7, 11) is -1.31. The van der Waals surface area contributed by atoms with Crippen LogP contribution in [0, 0.1) is 5.92 Å². The van der Waals surface area contributed by atoms with Gasteiger partial charge in [0.25, 0.3) is 0 Å². The molecular formula is C17H25N4O4P. The summed E-state index contributed by atoms with van der Waals surface area (Å²) in [4.78, 5) is 20.1. The second-order valence-corrected chi connectivity index (χ2v) is 7.23. The van der Waals surface area contributed by atoms with Crippen molar-refractivity contribution in [1.29, 1.82) is 0 Å². The van der Waals surface area contributed by atoms with Gasteiger partial charge in [-0.2, -0.15) is 0 Å². The molecule has 2 aromatic rings. The number of aromatic nitrogens is 2. The number of methoxy groups -OCH3 is 1. The van der Waals surface area contributed by atoms with Crippen LogP contribution in [0.25, 0.3) is 10.9 Å². The van der Waals surface area contributed by atoms with Crippen LogP contribution in [0.2, 0.25) is 0 Å². The molecule has 1 saturated heterocycles. The number of para-hydroxylation sites is 1. The van der Waals surface area contributed by atoms with Gasteiger partial charge in [0.2, 0.25) is 0 Å². The van der Waals surface area contributed by atoms with E-state index in [1.165, 1.54) is 0 Å². The summed E-state index contributed by atoms with van der Waals surface area (Å²) < 4.78 is 21.3. The highest BCUT2D eigenvalue weighted by atomic mass is 31.1. The summed E-state index contributed by atoms with van der Waals surface area (Å²) in [5, 5.41) is 0.979. The summed E-state index contributed by atoms with van der Waals surface area (Å²) >= 11 is 0. The van der Waals surface area contributed by atoms with Gasteiger partial charge >= 0.3 is 8.25 Å². The van der Waals surface area contributed by atoms with Gasteiger partial charge in [-0.05, 0) is 37.3 Å². The highest BCUT2D eigenvalue weighted by molar-refractivity contribution is 7.32. The molecule has 3 rings (SSSR count). The first-order valence-corrected chi connectivity index (χ1v) is 10.0. The maximum Gasteiger partial charge on any atom is 0.316 e. The number of hydrogen-bond donors (Lipinski definition) is 2. The molecule has 2 atom stereocenters. The van der Waals surface area contributed by atoms with E-state index < -0.39 is 8.25 Å². The Morgan fingerprint density at radius 2 is 2.15 bits per heavy atom. The zero-order valence-corrected chi connectivity index (χ0v) is 15.8. The van der Waals surface area contributed by atoms with E-state index >= 15 is 0 Å². The predicted molar refractivity (Wildman–Crippen MR) is 101 cm³/mol. The molecule has 0 bridgehead atoms. The predicted octanol–water partition coefficient (Wildman–Crippen LogP) is 1.97. The van der Waals surface area contributed by atoms with Crippen LogP contribution >= 0.6 is 8.25 Å². The molecule has 0 radical (unpaired) electrons. The molecule has 1 aliphatic rings. The molecule has 3 N–H and O–H groups in total. The van der Waals surface area contributed by atoms with Crippen molar-refractivity contribution in [2.75, 3.05) is 31.6 Å². The van der Waals surface area contributed by atoms with Crippen LogP contribution in [0.15, 0.2) is 24.5 Å². The monoisotopic (exact) mass is 380 g/mol. The van der Waals surface area contributed by atoms with E-state index in [1.807, 2.05) is 18.2 Å². The third-order valence-corrected chi connectivity index (χ3v) is 5.40. The van der Waals surface area contributed by atoms with Crippen molar-refractivity contribution >= 4 is 25.0 Å². The lowest BCUT2D eigenvalue weighted by atomic mass is 9.91. The molecule has 8 nitrogen and oxygen atoms in total. The molecule has 1 aromatic carbocycles. The van der Waals surface area contributed by atoms with E-state index in [1.54, 1.807) is 13.4 Å². The fourth-order valence-electron chi connectivity index (χ4n) is 3.55. The van der Waals surface area contributed by atoms with Gasteiger partial charge in [-0.1, -0.05) is 6.07 Å². The van der Waals surface area contributed by atoms with Crippen LogP contribution in [-0.2, 0) is 9.09 Å². The quantitative estimate of drug-likeness (QED) is 0.702. The topological polar surface area (TPSA) is 111 Å². The fourth-order valence-corrected chi connectivity index (χ4v) is 4.03. The SMILES string of the molecule is COc1cccc2c(N3CCC(CC(CN)O[PH](=O)O)CC3)ncnc12. The molecule has 2 unspecified atom stereocenters. The van der Waals surface area contributed by atoms with Gasteiger partial charge in [-0.15, -0.1) is 0 Å². The molecular weight excluding hydrogens is 355 g/mol. The summed E-state index contributed by atoms with van der Waals surface area (Å²) in [6, 6.07) is 5.85. The van der Waals surface area contributed by atoms with E-state index in [0.29, 0.717) is 12.3 Å². The summed E-state index contributed by atoms with van der Waals surface area (Å²) in [5.41, 5.74) is 6.46. The van der Waals surface area contributed by atoms with Crippen molar-refractivity contribution in [1.82, 2.24) is 9.97 Å². The van der Waals surface area contributed by atoms with E-state index in [0.717, 1.165) is 48.4 Å². The number of hydrogen-bond acceptors (Lipinski definition) is 7. The van der Waals surface area contributed by atoms with Gasteiger partial charge in [0.1, 0.15) is 23.4 Å². The number of benzene rings is 1. The minimum absolute atomic E-state index is 0.257. The lowest BCUT2D eigenvalue weighted by Gasteiger charge is -2.34. The van der Waals surface area contributed by atoms with Crippen molar-refractivity contribution < 1.29 is 18.7 Å². The molecule has 1 aromatic heterocycles.